The summed E-state index contributed by atoms with van der Waals surface area (Å²) in [4.78, 5) is -0.536. The summed E-state index contributed by atoms with van der Waals surface area (Å²) in [6, 6.07) is 0. The van der Waals surface area contributed by atoms with Crippen molar-refractivity contribution in [1.29, 1.82) is 0 Å². The van der Waals surface area contributed by atoms with E-state index >= 15 is 8.78 Å². The molecule has 0 spiro atoms. The maximum atomic E-state index is 16.1. The number of alkyl halides is 8. The molecule has 2 unspecified atom stereocenters. The second kappa shape index (κ2) is 5.46. The molecule has 0 aromatic carbocycles. The van der Waals surface area contributed by atoms with E-state index in [1.165, 1.54) is 0 Å². The van der Waals surface area contributed by atoms with Gasteiger partial charge < -0.3 is 0 Å². The molecule has 0 N–H and O–H groups in total. The zero-order valence-electron chi connectivity index (χ0n) is 14.5. The van der Waals surface area contributed by atoms with Crippen LogP contribution in [-0.2, 0) is 11.3 Å². The molecule has 1 fully saturated rings. The van der Waals surface area contributed by atoms with Crippen LogP contribution in [-0.4, -0.2) is 17.8 Å². The van der Waals surface area contributed by atoms with Crippen molar-refractivity contribution >= 4 is 22.7 Å². The van der Waals surface area contributed by atoms with Crippen LogP contribution in [0.2, 0.25) is 0 Å². The van der Waals surface area contributed by atoms with Gasteiger partial charge in [-0.15, -0.1) is 22.7 Å². The predicted octanol–water partition coefficient (Wildman–Crippen LogP) is 6.99. The summed E-state index contributed by atoms with van der Waals surface area (Å²) in [5.74, 6) is -18.2. The van der Waals surface area contributed by atoms with E-state index in [-0.39, 0.29) is 20.9 Å². The number of hydrogen-bond acceptors (Lipinski definition) is 2. The third-order valence-electron chi connectivity index (χ3n) is 5.14. The zero-order valence-corrected chi connectivity index (χ0v) is 16.1. The van der Waals surface area contributed by atoms with Crippen LogP contribution >= 0.6 is 22.7 Å². The molecule has 0 radical (unpaired) electrons. The molecule has 0 saturated heterocycles. The first-order chi connectivity index (χ1) is 12.1. The van der Waals surface area contributed by atoms with E-state index in [4.69, 9.17) is 0 Å². The van der Waals surface area contributed by atoms with E-state index in [2.05, 4.69) is 0 Å². The molecular weight excluding hydrogens is 420 g/mol. The second-order valence-corrected chi connectivity index (χ2v) is 8.91. The van der Waals surface area contributed by atoms with Crippen LogP contribution in [0.1, 0.15) is 32.0 Å². The molecule has 10 heteroatoms. The average molecular weight is 434 g/mol. The fourth-order valence-electron chi connectivity index (χ4n) is 3.89. The maximum absolute atomic E-state index is 16.1. The topological polar surface area (TPSA) is 0 Å². The minimum Gasteiger partial charge on any atom is -0.227 e. The Morgan fingerprint density at radius 1 is 0.556 bits per heavy atom. The highest BCUT2D eigenvalue weighted by atomic mass is 32.1. The second-order valence-electron chi connectivity index (χ2n) is 6.74. The normalized spacial score (nSPS) is 31.4. The van der Waals surface area contributed by atoms with Gasteiger partial charge in [0.15, 0.2) is 0 Å². The molecule has 0 bridgehead atoms. The Kier molecular flexibility index (Phi) is 4.16. The van der Waals surface area contributed by atoms with Gasteiger partial charge in [0.25, 0.3) is 11.3 Å². The minimum atomic E-state index is -6.24. The largest absolute Gasteiger partial charge is 0.379 e. The first-order valence-corrected chi connectivity index (χ1v) is 9.48. The summed E-state index contributed by atoms with van der Waals surface area (Å²) in [5.41, 5.74) is -12.8. The molecule has 0 amide bonds. The van der Waals surface area contributed by atoms with Crippen LogP contribution in [0, 0.1) is 27.7 Å². The summed E-state index contributed by atoms with van der Waals surface area (Å²) in [6.45, 7) is 4.40. The van der Waals surface area contributed by atoms with Gasteiger partial charge in [-0.05, 0) is 49.6 Å². The first kappa shape index (κ1) is 20.6. The van der Waals surface area contributed by atoms with E-state index < -0.39 is 40.2 Å². The lowest BCUT2D eigenvalue weighted by molar-refractivity contribution is -0.293. The molecule has 0 nitrogen and oxygen atoms in total. The summed E-state index contributed by atoms with van der Waals surface area (Å²) < 4.78 is 119. The SMILES string of the molecule is Cc1csc(C)c1C1(F)C(F)(F)C(F)(F)C(F)(F)C1(F)c1c(C)csc1C. The number of halogens is 8. The Morgan fingerprint density at radius 2 is 0.852 bits per heavy atom. The molecule has 3 rings (SSSR count). The molecule has 2 aromatic rings. The van der Waals surface area contributed by atoms with Crippen molar-refractivity contribution in [1.82, 2.24) is 0 Å². The third kappa shape index (κ3) is 1.93. The van der Waals surface area contributed by atoms with Crippen molar-refractivity contribution in [3.8, 4) is 0 Å². The van der Waals surface area contributed by atoms with Crippen molar-refractivity contribution in [2.75, 3.05) is 0 Å². The van der Waals surface area contributed by atoms with Crippen LogP contribution in [0.15, 0.2) is 10.8 Å². The predicted molar refractivity (Wildman–Crippen MR) is 88.0 cm³/mol. The smallest absolute Gasteiger partial charge is 0.227 e. The highest BCUT2D eigenvalue weighted by Crippen LogP contribution is 2.76. The third-order valence-corrected chi connectivity index (χ3v) is 7.19. The Labute approximate surface area is 157 Å². The van der Waals surface area contributed by atoms with Gasteiger partial charge in [-0.3, -0.25) is 0 Å². The first-order valence-electron chi connectivity index (χ1n) is 7.72. The van der Waals surface area contributed by atoms with Crippen LogP contribution < -0.4 is 0 Å². The molecular formula is C17H14F8S2. The number of hydrogen-bond donors (Lipinski definition) is 0. The van der Waals surface area contributed by atoms with Crippen molar-refractivity contribution in [2.45, 2.75) is 56.8 Å². The van der Waals surface area contributed by atoms with Gasteiger partial charge in [0.2, 0.25) is 0 Å². The average Bonchev–Trinajstić information content (AvgIpc) is 3.08. The summed E-state index contributed by atoms with van der Waals surface area (Å²) in [6.07, 6.45) is 0. The van der Waals surface area contributed by atoms with Crippen LogP contribution in [0.25, 0.3) is 0 Å². The van der Waals surface area contributed by atoms with Crippen LogP contribution in [0.4, 0.5) is 35.1 Å². The van der Waals surface area contributed by atoms with Gasteiger partial charge in [-0.25, -0.2) is 8.78 Å². The summed E-state index contributed by atoms with van der Waals surface area (Å²) in [7, 11) is 0. The highest BCUT2D eigenvalue weighted by molar-refractivity contribution is 7.10. The van der Waals surface area contributed by atoms with Gasteiger partial charge in [-0.2, -0.15) is 26.3 Å². The van der Waals surface area contributed by atoms with Gasteiger partial charge >= 0.3 is 17.8 Å². The Hall–Kier alpha value is -1.16. The van der Waals surface area contributed by atoms with E-state index in [1.54, 1.807) is 0 Å². The Morgan fingerprint density at radius 3 is 1.07 bits per heavy atom. The van der Waals surface area contributed by atoms with Gasteiger partial charge in [-0.1, -0.05) is 0 Å². The molecule has 1 aliphatic rings. The summed E-state index contributed by atoms with van der Waals surface area (Å²) >= 11 is 1.39. The van der Waals surface area contributed by atoms with Crippen molar-refractivity contribution in [2.24, 2.45) is 0 Å². The van der Waals surface area contributed by atoms with Gasteiger partial charge in [0.1, 0.15) is 0 Å². The maximum Gasteiger partial charge on any atom is 0.379 e. The van der Waals surface area contributed by atoms with E-state index in [9.17, 15) is 26.3 Å². The standard InChI is InChI=1S/C17H14F8S2/c1-7-5-26-9(3)11(7)13(18)14(19,12-8(2)6-27-10(12)4)16(22,23)17(24,25)15(13,20)21/h5-6H,1-4H3. The van der Waals surface area contributed by atoms with Gasteiger partial charge in [0, 0.05) is 20.9 Å². The quantitative estimate of drug-likeness (QED) is 0.447. The van der Waals surface area contributed by atoms with Crippen molar-refractivity contribution in [3.05, 3.63) is 42.8 Å². The monoisotopic (exact) mass is 434 g/mol. The lowest BCUT2D eigenvalue weighted by Crippen LogP contribution is -2.53. The molecule has 0 aliphatic heterocycles. The molecule has 2 aromatic heterocycles. The lowest BCUT2D eigenvalue weighted by atomic mass is 9.74. The van der Waals surface area contributed by atoms with Crippen molar-refractivity contribution in [3.63, 3.8) is 0 Å². The van der Waals surface area contributed by atoms with E-state index in [0.29, 0.717) is 22.7 Å². The molecule has 2 heterocycles. The molecule has 2 atom stereocenters. The molecule has 1 saturated carbocycles. The zero-order chi connectivity index (χ0) is 20.8. The fraction of sp³-hybridized carbons (Fsp3) is 0.529. The molecule has 27 heavy (non-hydrogen) atoms. The highest BCUT2D eigenvalue weighted by Gasteiger charge is 3.00. The Bertz CT molecular complexity index is 801. The number of thiophene rings is 2. The minimum absolute atomic E-state index is 0.268. The van der Waals surface area contributed by atoms with Gasteiger partial charge in [0.05, 0.1) is 0 Å². The Balaban J connectivity index is 2.56. The summed E-state index contributed by atoms with van der Waals surface area (Å²) in [5, 5.41) is 2.29. The molecule has 1 aliphatic carbocycles. The van der Waals surface area contributed by atoms with Crippen LogP contribution in [0.3, 0.4) is 0 Å². The van der Waals surface area contributed by atoms with E-state index in [0.717, 1.165) is 38.5 Å². The number of aryl methyl sites for hydroxylation is 4. The lowest BCUT2D eigenvalue weighted by Gasteiger charge is -2.38. The number of rotatable bonds is 2. The van der Waals surface area contributed by atoms with Crippen LogP contribution in [0.5, 0.6) is 0 Å². The van der Waals surface area contributed by atoms with Crippen molar-refractivity contribution < 1.29 is 35.1 Å². The fourth-order valence-corrected chi connectivity index (χ4v) is 5.68. The van der Waals surface area contributed by atoms with E-state index in [1.807, 2.05) is 0 Å². The molecule has 150 valence electrons.